The maximum atomic E-state index is 12.7. The van der Waals surface area contributed by atoms with Crippen LogP contribution in [0.5, 0.6) is 0 Å². The van der Waals surface area contributed by atoms with E-state index in [9.17, 15) is 18.0 Å². The molecule has 0 saturated heterocycles. The van der Waals surface area contributed by atoms with E-state index in [0.717, 1.165) is 28.3 Å². The lowest BCUT2D eigenvalue weighted by Crippen LogP contribution is -2.03. The summed E-state index contributed by atoms with van der Waals surface area (Å²) in [6, 6.07) is 12.2. The van der Waals surface area contributed by atoms with E-state index in [-0.39, 0.29) is 5.89 Å². The summed E-state index contributed by atoms with van der Waals surface area (Å²) in [6.45, 7) is 2.46. The summed E-state index contributed by atoms with van der Waals surface area (Å²) >= 11 is 1.38. The SMILES string of the molecule is Cc1nc(-c2ccc(C(F)(F)F)cc2)sc1COCc1cccc(-c2n[nH]c(=O)o2)c1. The number of nitrogens with one attached hydrogen (secondary N) is 1. The van der Waals surface area contributed by atoms with Gasteiger partial charge in [-0.05, 0) is 36.8 Å². The maximum absolute atomic E-state index is 12.7. The number of ether oxygens (including phenoxy) is 1. The van der Waals surface area contributed by atoms with Crippen LogP contribution >= 0.6 is 11.3 Å². The van der Waals surface area contributed by atoms with Crippen LogP contribution in [0.15, 0.2) is 57.7 Å². The minimum absolute atomic E-state index is 0.200. The third-order valence-corrected chi connectivity index (χ3v) is 5.65. The van der Waals surface area contributed by atoms with Crippen LogP contribution in [-0.2, 0) is 24.1 Å². The van der Waals surface area contributed by atoms with E-state index in [2.05, 4.69) is 15.2 Å². The normalized spacial score (nSPS) is 11.7. The van der Waals surface area contributed by atoms with Crippen molar-refractivity contribution < 1.29 is 22.3 Å². The first-order chi connectivity index (χ1) is 14.8. The molecule has 0 atom stereocenters. The lowest BCUT2D eigenvalue weighted by Gasteiger charge is -2.06. The number of aromatic nitrogens is 3. The summed E-state index contributed by atoms with van der Waals surface area (Å²) in [6.07, 6.45) is -4.36. The first kappa shape index (κ1) is 21.0. The molecular formula is C21H16F3N3O3S. The quantitative estimate of drug-likeness (QED) is 0.440. The topological polar surface area (TPSA) is 81.0 Å². The Morgan fingerprint density at radius 1 is 1.10 bits per heavy atom. The zero-order valence-electron chi connectivity index (χ0n) is 16.2. The van der Waals surface area contributed by atoms with Crippen LogP contribution in [-0.4, -0.2) is 15.2 Å². The molecule has 2 aromatic heterocycles. The number of halogens is 3. The fraction of sp³-hybridized carbons (Fsp3) is 0.190. The molecule has 4 aromatic rings. The average Bonchev–Trinajstić information content (AvgIpc) is 3.34. The van der Waals surface area contributed by atoms with E-state index in [4.69, 9.17) is 9.15 Å². The van der Waals surface area contributed by atoms with Gasteiger partial charge in [0.1, 0.15) is 5.01 Å². The van der Waals surface area contributed by atoms with Crippen LogP contribution in [0.25, 0.3) is 22.0 Å². The molecule has 0 aliphatic heterocycles. The van der Waals surface area contributed by atoms with Crippen LogP contribution < -0.4 is 5.76 Å². The highest BCUT2D eigenvalue weighted by atomic mass is 32.1. The molecule has 0 aliphatic rings. The van der Waals surface area contributed by atoms with Gasteiger partial charge in [-0.1, -0.05) is 24.3 Å². The van der Waals surface area contributed by atoms with Crippen molar-refractivity contribution in [3.63, 3.8) is 0 Å². The molecule has 160 valence electrons. The number of thiazole rings is 1. The van der Waals surface area contributed by atoms with Gasteiger partial charge in [-0.3, -0.25) is 0 Å². The molecular weight excluding hydrogens is 431 g/mol. The van der Waals surface area contributed by atoms with Crippen molar-refractivity contribution in [2.24, 2.45) is 0 Å². The molecule has 1 N–H and O–H groups in total. The second kappa shape index (κ2) is 8.48. The molecule has 10 heteroatoms. The van der Waals surface area contributed by atoms with Crippen molar-refractivity contribution in [3.8, 4) is 22.0 Å². The summed E-state index contributed by atoms with van der Waals surface area (Å²) in [5, 5.41) is 6.66. The van der Waals surface area contributed by atoms with Crippen LogP contribution in [0.2, 0.25) is 0 Å². The van der Waals surface area contributed by atoms with Crippen LogP contribution in [0, 0.1) is 6.92 Å². The van der Waals surface area contributed by atoms with Crippen LogP contribution in [0.3, 0.4) is 0 Å². The van der Waals surface area contributed by atoms with Gasteiger partial charge in [-0.15, -0.1) is 16.4 Å². The first-order valence-corrected chi connectivity index (χ1v) is 9.98. The Hall–Kier alpha value is -3.24. The summed E-state index contributed by atoms with van der Waals surface area (Å²) in [5.74, 6) is -0.424. The molecule has 0 bridgehead atoms. The predicted molar refractivity (Wildman–Crippen MR) is 108 cm³/mol. The highest BCUT2D eigenvalue weighted by Crippen LogP contribution is 2.33. The van der Waals surface area contributed by atoms with Crippen molar-refractivity contribution in [2.75, 3.05) is 0 Å². The molecule has 6 nitrogen and oxygen atoms in total. The Morgan fingerprint density at radius 3 is 2.55 bits per heavy atom. The van der Waals surface area contributed by atoms with Crippen molar-refractivity contribution >= 4 is 11.3 Å². The zero-order valence-corrected chi connectivity index (χ0v) is 17.0. The first-order valence-electron chi connectivity index (χ1n) is 9.16. The molecule has 0 amide bonds. The van der Waals surface area contributed by atoms with Gasteiger partial charge in [0.25, 0.3) is 0 Å². The van der Waals surface area contributed by atoms with Crippen molar-refractivity contribution in [1.29, 1.82) is 0 Å². The summed E-state index contributed by atoms with van der Waals surface area (Å²) in [7, 11) is 0. The maximum Gasteiger partial charge on any atom is 0.434 e. The standard InChI is InChI=1S/C21H16F3N3O3S/c1-12-17(31-19(25-12)14-5-7-16(8-6-14)21(22,23)24)11-29-10-13-3-2-4-15(9-13)18-26-27-20(28)30-18/h2-9H,10-11H2,1H3,(H,27,28). The number of nitrogens with zero attached hydrogens (tertiary/aromatic N) is 2. The summed E-state index contributed by atoms with van der Waals surface area (Å²) in [5.41, 5.74) is 2.23. The van der Waals surface area contributed by atoms with Gasteiger partial charge < -0.3 is 9.15 Å². The van der Waals surface area contributed by atoms with Gasteiger partial charge in [-0.25, -0.2) is 14.9 Å². The Morgan fingerprint density at radius 2 is 1.87 bits per heavy atom. The highest BCUT2D eigenvalue weighted by molar-refractivity contribution is 7.15. The van der Waals surface area contributed by atoms with E-state index in [1.807, 2.05) is 25.1 Å². The van der Waals surface area contributed by atoms with Gasteiger partial charge in [-0.2, -0.15) is 13.2 Å². The van der Waals surface area contributed by atoms with Crippen LogP contribution in [0.4, 0.5) is 13.2 Å². The fourth-order valence-electron chi connectivity index (χ4n) is 2.90. The average molecular weight is 447 g/mol. The Labute approximate surface area is 178 Å². The lowest BCUT2D eigenvalue weighted by atomic mass is 10.1. The largest absolute Gasteiger partial charge is 0.434 e. The van der Waals surface area contributed by atoms with E-state index < -0.39 is 17.5 Å². The predicted octanol–water partition coefficient (Wildman–Crippen LogP) is 5.20. The number of aromatic amines is 1. The number of hydrogen-bond acceptors (Lipinski definition) is 6. The molecule has 0 saturated carbocycles. The molecule has 0 aliphatic carbocycles. The minimum Gasteiger partial charge on any atom is -0.388 e. The Kier molecular flexibility index (Phi) is 5.75. The number of hydrogen-bond donors (Lipinski definition) is 1. The molecule has 0 spiro atoms. The van der Waals surface area contributed by atoms with Gasteiger partial charge in [0, 0.05) is 11.1 Å². The van der Waals surface area contributed by atoms with Gasteiger partial charge in [0.2, 0.25) is 5.89 Å². The highest BCUT2D eigenvalue weighted by Gasteiger charge is 2.30. The van der Waals surface area contributed by atoms with Gasteiger partial charge in [0.05, 0.1) is 29.3 Å². The number of H-pyrrole nitrogens is 1. The van der Waals surface area contributed by atoms with Crippen molar-refractivity contribution in [1.82, 2.24) is 15.2 Å². The van der Waals surface area contributed by atoms with E-state index >= 15 is 0 Å². The molecule has 2 aromatic carbocycles. The summed E-state index contributed by atoms with van der Waals surface area (Å²) < 4.78 is 49.0. The smallest absolute Gasteiger partial charge is 0.388 e. The Balaban J connectivity index is 1.41. The lowest BCUT2D eigenvalue weighted by molar-refractivity contribution is -0.137. The van der Waals surface area contributed by atoms with Crippen molar-refractivity contribution in [3.05, 3.63) is 80.8 Å². The Bertz CT molecular complexity index is 1240. The second-order valence-electron chi connectivity index (χ2n) is 6.71. The second-order valence-corrected chi connectivity index (χ2v) is 7.80. The third kappa shape index (κ3) is 4.92. The number of aryl methyl sites for hydroxylation is 1. The minimum atomic E-state index is -4.36. The van der Waals surface area contributed by atoms with Crippen molar-refractivity contribution in [2.45, 2.75) is 26.3 Å². The fourth-order valence-corrected chi connectivity index (χ4v) is 3.90. The van der Waals surface area contributed by atoms with Gasteiger partial charge >= 0.3 is 11.9 Å². The van der Waals surface area contributed by atoms with E-state index in [1.54, 1.807) is 6.07 Å². The van der Waals surface area contributed by atoms with E-state index in [1.165, 1.54) is 23.5 Å². The monoisotopic (exact) mass is 447 g/mol. The number of rotatable bonds is 6. The molecule has 4 rings (SSSR count). The number of alkyl halides is 3. The zero-order chi connectivity index (χ0) is 22.0. The van der Waals surface area contributed by atoms with Gasteiger partial charge in [0.15, 0.2) is 0 Å². The molecule has 0 fully saturated rings. The molecule has 2 heterocycles. The van der Waals surface area contributed by atoms with E-state index in [0.29, 0.717) is 29.3 Å². The molecule has 0 radical (unpaired) electrons. The number of benzene rings is 2. The van der Waals surface area contributed by atoms with Crippen LogP contribution in [0.1, 0.15) is 21.7 Å². The molecule has 31 heavy (non-hydrogen) atoms. The summed E-state index contributed by atoms with van der Waals surface area (Å²) in [4.78, 5) is 16.5. The molecule has 0 unspecified atom stereocenters. The third-order valence-electron chi connectivity index (χ3n) is 4.47.